The van der Waals surface area contributed by atoms with Gasteiger partial charge in [-0.15, -0.1) is 0 Å². The summed E-state index contributed by atoms with van der Waals surface area (Å²) in [6.45, 7) is 7.23. The highest BCUT2D eigenvalue weighted by Crippen LogP contribution is 2.41. The Hall–Kier alpha value is -0.160. The third-order valence-electron chi connectivity index (χ3n) is 4.48. The van der Waals surface area contributed by atoms with Gasteiger partial charge in [-0.25, -0.2) is 0 Å². The number of hydrogen-bond donors (Lipinski definition) is 1. The molecule has 4 heteroatoms. The summed E-state index contributed by atoms with van der Waals surface area (Å²) in [6.07, 6.45) is 4.25. The minimum Gasteiger partial charge on any atom is -0.373 e. The molecular weight excluding hydrogens is 230 g/mol. The van der Waals surface area contributed by atoms with E-state index in [0.717, 1.165) is 39.1 Å². The first-order valence-corrected chi connectivity index (χ1v) is 7.20. The van der Waals surface area contributed by atoms with Gasteiger partial charge in [-0.3, -0.25) is 0 Å². The van der Waals surface area contributed by atoms with Crippen molar-refractivity contribution in [1.82, 2.24) is 0 Å². The molecule has 18 heavy (non-hydrogen) atoms. The van der Waals surface area contributed by atoms with Crippen LogP contribution >= 0.6 is 0 Å². The van der Waals surface area contributed by atoms with E-state index in [9.17, 15) is 0 Å². The van der Waals surface area contributed by atoms with Gasteiger partial charge in [-0.1, -0.05) is 13.8 Å². The molecule has 3 rings (SSSR count). The number of rotatable bonds is 8. The van der Waals surface area contributed by atoms with E-state index in [4.69, 9.17) is 19.9 Å². The zero-order chi connectivity index (χ0) is 12.8. The second-order valence-electron chi connectivity index (χ2n) is 6.59. The first kappa shape index (κ1) is 12.9. The van der Waals surface area contributed by atoms with Gasteiger partial charge in [-0.2, -0.15) is 0 Å². The van der Waals surface area contributed by atoms with Gasteiger partial charge in [0.15, 0.2) is 0 Å². The number of nitrogens with two attached hydrogens (primary N) is 1. The molecule has 3 saturated heterocycles. The van der Waals surface area contributed by atoms with Crippen LogP contribution in [-0.2, 0) is 14.2 Å². The van der Waals surface area contributed by atoms with Crippen LogP contribution in [-0.4, -0.2) is 43.7 Å². The summed E-state index contributed by atoms with van der Waals surface area (Å²) >= 11 is 0. The molecule has 0 aliphatic carbocycles. The van der Waals surface area contributed by atoms with Gasteiger partial charge < -0.3 is 19.9 Å². The van der Waals surface area contributed by atoms with Crippen LogP contribution in [0.15, 0.2) is 0 Å². The minimum absolute atomic E-state index is 0.150. The Kier molecular flexibility index (Phi) is 3.39. The van der Waals surface area contributed by atoms with E-state index in [1.807, 2.05) is 0 Å². The molecule has 3 heterocycles. The zero-order valence-corrected chi connectivity index (χ0v) is 11.4. The average Bonchev–Trinajstić information content (AvgIpc) is 3.04. The Morgan fingerprint density at radius 3 is 1.78 bits per heavy atom. The molecule has 0 radical (unpaired) electrons. The third kappa shape index (κ3) is 3.23. The fraction of sp³-hybridized carbons (Fsp3) is 1.00. The van der Waals surface area contributed by atoms with Gasteiger partial charge >= 0.3 is 0 Å². The summed E-state index contributed by atoms with van der Waals surface area (Å²) < 4.78 is 16.2. The van der Waals surface area contributed by atoms with Gasteiger partial charge in [0.2, 0.25) is 0 Å². The van der Waals surface area contributed by atoms with E-state index in [-0.39, 0.29) is 5.54 Å². The van der Waals surface area contributed by atoms with Crippen molar-refractivity contribution in [3.05, 3.63) is 0 Å². The van der Waals surface area contributed by atoms with Gasteiger partial charge in [-0.05, 0) is 31.1 Å². The van der Waals surface area contributed by atoms with Crippen molar-refractivity contribution in [2.24, 2.45) is 17.6 Å². The van der Waals surface area contributed by atoms with Crippen LogP contribution in [0.1, 0.15) is 33.1 Å². The molecule has 0 aromatic heterocycles. The highest BCUT2D eigenvalue weighted by molar-refractivity contribution is 5.01. The fourth-order valence-corrected chi connectivity index (χ4v) is 3.26. The molecule has 4 atom stereocenters. The summed E-state index contributed by atoms with van der Waals surface area (Å²) in [5.41, 5.74) is 6.64. The Labute approximate surface area is 109 Å². The summed E-state index contributed by atoms with van der Waals surface area (Å²) in [5.74, 6) is 1.08. The normalized spacial score (nSPS) is 38.3. The van der Waals surface area contributed by atoms with Crippen molar-refractivity contribution in [1.29, 1.82) is 0 Å². The maximum absolute atomic E-state index is 6.79. The fourth-order valence-electron chi connectivity index (χ4n) is 3.26. The molecule has 0 aromatic rings. The van der Waals surface area contributed by atoms with E-state index in [1.165, 1.54) is 0 Å². The molecule has 0 aromatic carbocycles. The van der Waals surface area contributed by atoms with E-state index in [0.29, 0.717) is 30.1 Å². The maximum Gasteiger partial charge on any atom is 0.0827 e. The molecule has 0 bridgehead atoms. The van der Waals surface area contributed by atoms with Crippen LogP contribution in [0, 0.1) is 11.8 Å². The zero-order valence-electron chi connectivity index (χ0n) is 11.4. The summed E-state index contributed by atoms with van der Waals surface area (Å²) in [4.78, 5) is 0. The van der Waals surface area contributed by atoms with Crippen LogP contribution in [0.2, 0.25) is 0 Å². The van der Waals surface area contributed by atoms with Crippen LogP contribution in [0.25, 0.3) is 0 Å². The average molecular weight is 255 g/mol. The van der Waals surface area contributed by atoms with Crippen molar-refractivity contribution in [2.75, 3.05) is 19.8 Å². The monoisotopic (exact) mass is 255 g/mol. The second kappa shape index (κ2) is 4.75. The Morgan fingerprint density at radius 1 is 1.00 bits per heavy atom. The van der Waals surface area contributed by atoms with Gasteiger partial charge in [0.1, 0.15) is 0 Å². The molecule has 0 amide bonds. The lowest BCUT2D eigenvalue weighted by atomic mass is 9.70. The molecule has 3 fully saturated rings. The lowest BCUT2D eigenvalue weighted by molar-refractivity contribution is 0.134. The molecule has 4 nitrogen and oxygen atoms in total. The SMILES string of the molecule is CC(C)C(CC1CO1)C(N)(CC1CO1)CC1CO1. The largest absolute Gasteiger partial charge is 0.373 e. The molecule has 0 saturated carbocycles. The van der Waals surface area contributed by atoms with Crippen LogP contribution in [0.4, 0.5) is 0 Å². The topological polar surface area (TPSA) is 63.6 Å². The summed E-state index contributed by atoms with van der Waals surface area (Å²) in [7, 11) is 0. The summed E-state index contributed by atoms with van der Waals surface area (Å²) in [5, 5.41) is 0. The quantitative estimate of drug-likeness (QED) is 0.664. The van der Waals surface area contributed by atoms with E-state index in [1.54, 1.807) is 0 Å². The second-order valence-corrected chi connectivity index (χ2v) is 6.59. The van der Waals surface area contributed by atoms with Crippen LogP contribution < -0.4 is 5.73 Å². The van der Waals surface area contributed by atoms with Crippen molar-refractivity contribution in [2.45, 2.75) is 57.0 Å². The maximum atomic E-state index is 6.79. The highest BCUT2D eigenvalue weighted by atomic mass is 16.6. The number of hydrogen-bond acceptors (Lipinski definition) is 4. The standard InChI is InChI=1S/C14H25NO3/c1-9(2)13(3-10-6-16-10)14(15,4-11-7-17-11)5-12-8-18-12/h9-13H,3-8,15H2,1-2H3. The van der Waals surface area contributed by atoms with Crippen molar-refractivity contribution in [3.63, 3.8) is 0 Å². The van der Waals surface area contributed by atoms with Crippen LogP contribution in [0.3, 0.4) is 0 Å². The van der Waals surface area contributed by atoms with E-state index in [2.05, 4.69) is 13.8 Å². The molecule has 3 aliphatic heterocycles. The van der Waals surface area contributed by atoms with E-state index < -0.39 is 0 Å². The highest BCUT2D eigenvalue weighted by Gasteiger charge is 2.47. The molecule has 4 unspecified atom stereocenters. The van der Waals surface area contributed by atoms with Crippen molar-refractivity contribution in [3.8, 4) is 0 Å². The van der Waals surface area contributed by atoms with Gasteiger partial charge in [0.25, 0.3) is 0 Å². The predicted octanol–water partition coefficient (Wildman–Crippen LogP) is 1.32. The molecule has 0 spiro atoms. The van der Waals surface area contributed by atoms with Crippen molar-refractivity contribution < 1.29 is 14.2 Å². The predicted molar refractivity (Wildman–Crippen MR) is 68.3 cm³/mol. The Bertz CT molecular complexity index is 281. The molecule has 3 aliphatic rings. The lowest BCUT2D eigenvalue weighted by Gasteiger charge is -2.39. The van der Waals surface area contributed by atoms with Gasteiger partial charge in [0.05, 0.1) is 38.1 Å². The smallest absolute Gasteiger partial charge is 0.0827 e. The number of ether oxygens (including phenoxy) is 3. The van der Waals surface area contributed by atoms with Crippen molar-refractivity contribution >= 4 is 0 Å². The molecule has 2 N–H and O–H groups in total. The molecule has 104 valence electrons. The molecular formula is C14H25NO3. The minimum atomic E-state index is -0.150. The Morgan fingerprint density at radius 2 is 1.44 bits per heavy atom. The number of epoxide rings is 3. The van der Waals surface area contributed by atoms with E-state index >= 15 is 0 Å². The Balaban J connectivity index is 1.69. The summed E-state index contributed by atoms with van der Waals surface area (Å²) in [6, 6.07) is 0. The lowest BCUT2D eigenvalue weighted by Crippen LogP contribution is -2.51. The third-order valence-corrected chi connectivity index (χ3v) is 4.48. The van der Waals surface area contributed by atoms with Crippen LogP contribution in [0.5, 0.6) is 0 Å². The first-order chi connectivity index (χ1) is 8.57. The van der Waals surface area contributed by atoms with Gasteiger partial charge in [0, 0.05) is 5.54 Å². The first-order valence-electron chi connectivity index (χ1n) is 7.20.